The van der Waals surface area contributed by atoms with Gasteiger partial charge in [-0.3, -0.25) is 4.79 Å². The number of aliphatic hydroxyl groups is 1. The molecule has 0 aromatic rings. The van der Waals surface area contributed by atoms with Crippen LogP contribution >= 0.6 is 0 Å². The summed E-state index contributed by atoms with van der Waals surface area (Å²) in [5, 5.41) is 20.8. The van der Waals surface area contributed by atoms with Crippen molar-refractivity contribution in [3.8, 4) is 0 Å². The van der Waals surface area contributed by atoms with Crippen LogP contribution in [0.2, 0.25) is 0 Å². The summed E-state index contributed by atoms with van der Waals surface area (Å²) in [6.07, 6.45) is 11.7. The molecule has 31 heavy (non-hydrogen) atoms. The van der Waals surface area contributed by atoms with Crippen LogP contribution in [0.15, 0.2) is 12.2 Å². The number of rotatable bonds is 2. The van der Waals surface area contributed by atoms with Crippen molar-refractivity contribution in [1.82, 2.24) is 0 Å². The van der Waals surface area contributed by atoms with Gasteiger partial charge in [-0.05, 0) is 123 Å². The van der Waals surface area contributed by atoms with Crippen LogP contribution in [0.3, 0.4) is 0 Å². The first-order valence-corrected chi connectivity index (χ1v) is 13.1. The van der Waals surface area contributed by atoms with E-state index >= 15 is 0 Å². The van der Waals surface area contributed by atoms with E-state index in [1.807, 2.05) is 0 Å². The molecular weight excluding hydrogens is 384 g/mol. The fourth-order valence-electron chi connectivity index (χ4n) is 10.6. The lowest BCUT2D eigenvalue weighted by Gasteiger charge is -2.71. The van der Waals surface area contributed by atoms with Gasteiger partial charge in [-0.2, -0.15) is 0 Å². The van der Waals surface area contributed by atoms with E-state index < -0.39 is 11.4 Å². The van der Waals surface area contributed by atoms with Gasteiger partial charge in [-0.25, -0.2) is 0 Å². The van der Waals surface area contributed by atoms with Gasteiger partial charge in [-0.15, -0.1) is 0 Å². The molecule has 5 saturated carbocycles. The number of carbonyl (C=O) groups is 1. The first-order chi connectivity index (χ1) is 14.5. The zero-order valence-electron chi connectivity index (χ0n) is 20.3. The van der Waals surface area contributed by atoms with Gasteiger partial charge in [0.2, 0.25) is 0 Å². The molecule has 0 radical (unpaired) electrons. The fourth-order valence-corrected chi connectivity index (χ4v) is 10.6. The largest absolute Gasteiger partial charge is 0.481 e. The van der Waals surface area contributed by atoms with Crippen molar-refractivity contribution in [1.29, 1.82) is 0 Å². The lowest BCUT2D eigenvalue weighted by molar-refractivity contribution is -0.229. The zero-order chi connectivity index (χ0) is 22.4. The lowest BCUT2D eigenvalue weighted by Crippen LogP contribution is -2.65. The molecule has 5 aliphatic carbocycles. The van der Waals surface area contributed by atoms with Gasteiger partial charge >= 0.3 is 5.97 Å². The van der Waals surface area contributed by atoms with Crippen LogP contribution in [0.1, 0.15) is 98.3 Å². The molecule has 3 heteroatoms. The van der Waals surface area contributed by atoms with Gasteiger partial charge < -0.3 is 10.2 Å². The highest BCUT2D eigenvalue weighted by Crippen LogP contribution is 2.76. The standard InChI is InChI=1S/C28H44O3/c1-17(2)20-10-13-28(24(30)31)15-14-26(4)21(23(20)28)6-7-22-25(3)11-9-19(29)16-18(25)8-12-27(22,26)5/h18-23,29H,1,6-16H2,2-5H3,(H,30,31)/t18-,19+,20-,21+,22+,23+,25-,26+,27+,28-/m0/s1. The third-order valence-corrected chi connectivity index (χ3v) is 12.5. The number of fused-ring (bicyclic) bond motifs is 7. The Morgan fingerprint density at radius 2 is 1.65 bits per heavy atom. The maximum atomic E-state index is 12.7. The number of carboxylic acids is 1. The number of allylic oxidation sites excluding steroid dienone is 1. The SMILES string of the molecule is C=C(C)[C@@H]1CC[C@]2(C(=O)O)CC[C@]3(C)[C@H](CC[C@@H]4[C@@]5(C)CC[C@@H](O)C[C@@H]5CC[C@]43C)[C@@H]12. The number of hydrogen-bond donors (Lipinski definition) is 2. The molecule has 0 amide bonds. The predicted molar refractivity (Wildman–Crippen MR) is 123 cm³/mol. The fraction of sp³-hybridized carbons (Fsp3) is 0.893. The second-order valence-corrected chi connectivity index (χ2v) is 13.2. The Kier molecular flexibility index (Phi) is 4.85. The smallest absolute Gasteiger partial charge is 0.309 e. The number of aliphatic carboxylic acids is 1. The van der Waals surface area contributed by atoms with Crippen LogP contribution in [0.5, 0.6) is 0 Å². The Labute approximate surface area is 189 Å². The molecule has 0 aromatic carbocycles. The summed E-state index contributed by atoms with van der Waals surface area (Å²) in [6, 6.07) is 0. The van der Waals surface area contributed by atoms with E-state index in [0.717, 1.165) is 44.9 Å². The zero-order valence-corrected chi connectivity index (χ0v) is 20.3. The molecule has 0 spiro atoms. The predicted octanol–water partition coefficient (Wildman–Crippen LogP) is 6.45. The van der Waals surface area contributed by atoms with Gasteiger partial charge in [0.05, 0.1) is 11.5 Å². The minimum atomic E-state index is -0.535. The van der Waals surface area contributed by atoms with E-state index in [9.17, 15) is 15.0 Å². The molecule has 0 aliphatic heterocycles. The number of carboxylic acid groups (broad SMARTS) is 1. The molecule has 174 valence electrons. The maximum Gasteiger partial charge on any atom is 0.309 e. The van der Waals surface area contributed by atoms with E-state index in [4.69, 9.17) is 0 Å². The van der Waals surface area contributed by atoms with Crippen LogP contribution in [-0.4, -0.2) is 22.3 Å². The summed E-state index contributed by atoms with van der Waals surface area (Å²) >= 11 is 0. The average molecular weight is 429 g/mol. The average Bonchev–Trinajstić information content (AvgIpc) is 3.11. The van der Waals surface area contributed by atoms with E-state index in [-0.39, 0.29) is 22.9 Å². The summed E-state index contributed by atoms with van der Waals surface area (Å²) in [6.45, 7) is 14.2. The normalized spacial score (nSPS) is 56.0. The Hall–Kier alpha value is -0.830. The van der Waals surface area contributed by atoms with Gasteiger partial charge in [0.25, 0.3) is 0 Å². The second kappa shape index (κ2) is 6.84. The molecule has 0 unspecified atom stereocenters. The van der Waals surface area contributed by atoms with Crippen LogP contribution in [0, 0.1) is 51.2 Å². The highest BCUT2D eigenvalue weighted by atomic mass is 16.4. The molecule has 10 atom stereocenters. The van der Waals surface area contributed by atoms with Crippen LogP contribution in [0.4, 0.5) is 0 Å². The molecule has 0 heterocycles. The van der Waals surface area contributed by atoms with Crippen molar-refractivity contribution in [2.75, 3.05) is 0 Å². The van der Waals surface area contributed by atoms with Crippen molar-refractivity contribution in [2.24, 2.45) is 51.2 Å². The maximum absolute atomic E-state index is 12.7. The molecule has 5 rings (SSSR count). The Morgan fingerprint density at radius 3 is 2.32 bits per heavy atom. The minimum absolute atomic E-state index is 0.102. The highest BCUT2D eigenvalue weighted by molar-refractivity contribution is 5.76. The van der Waals surface area contributed by atoms with Crippen molar-refractivity contribution >= 4 is 5.97 Å². The topological polar surface area (TPSA) is 57.5 Å². The van der Waals surface area contributed by atoms with Crippen LogP contribution in [-0.2, 0) is 4.79 Å². The van der Waals surface area contributed by atoms with Crippen LogP contribution in [0.25, 0.3) is 0 Å². The number of hydrogen-bond acceptors (Lipinski definition) is 2. The Morgan fingerprint density at radius 1 is 0.903 bits per heavy atom. The van der Waals surface area contributed by atoms with Gasteiger partial charge in [0.15, 0.2) is 0 Å². The summed E-state index contributed by atoms with van der Waals surface area (Å²) in [7, 11) is 0. The second-order valence-electron chi connectivity index (χ2n) is 13.2. The van der Waals surface area contributed by atoms with Crippen LogP contribution < -0.4 is 0 Å². The first kappa shape index (κ1) is 22.0. The van der Waals surface area contributed by atoms with Crippen molar-refractivity contribution in [3.05, 3.63) is 12.2 Å². The van der Waals surface area contributed by atoms with Crippen molar-refractivity contribution < 1.29 is 15.0 Å². The van der Waals surface area contributed by atoms with E-state index in [1.165, 1.54) is 31.3 Å². The summed E-state index contributed by atoms with van der Waals surface area (Å²) < 4.78 is 0. The van der Waals surface area contributed by atoms with E-state index in [0.29, 0.717) is 29.1 Å². The van der Waals surface area contributed by atoms with Crippen molar-refractivity contribution in [2.45, 2.75) is 104 Å². The molecule has 5 fully saturated rings. The summed E-state index contributed by atoms with van der Waals surface area (Å²) in [5.74, 6) is 1.96. The molecule has 3 nitrogen and oxygen atoms in total. The monoisotopic (exact) mass is 428 g/mol. The molecule has 5 aliphatic rings. The molecule has 0 bridgehead atoms. The minimum Gasteiger partial charge on any atom is -0.481 e. The quantitative estimate of drug-likeness (QED) is 0.497. The van der Waals surface area contributed by atoms with Gasteiger partial charge in [0, 0.05) is 0 Å². The van der Waals surface area contributed by atoms with Gasteiger partial charge in [-0.1, -0.05) is 32.9 Å². The summed E-state index contributed by atoms with van der Waals surface area (Å²) in [5.41, 5.74) is 1.51. The summed E-state index contributed by atoms with van der Waals surface area (Å²) in [4.78, 5) is 12.7. The molecular formula is C28H44O3. The van der Waals surface area contributed by atoms with Crippen molar-refractivity contribution in [3.63, 3.8) is 0 Å². The Bertz CT molecular complexity index is 789. The van der Waals surface area contributed by atoms with E-state index in [1.54, 1.807) is 0 Å². The first-order valence-electron chi connectivity index (χ1n) is 13.1. The molecule has 0 saturated heterocycles. The lowest BCUT2D eigenvalue weighted by atomic mass is 9.33. The van der Waals surface area contributed by atoms with E-state index in [2.05, 4.69) is 34.3 Å². The molecule has 0 aromatic heterocycles. The number of aliphatic hydroxyl groups excluding tert-OH is 1. The Balaban J connectivity index is 1.55. The third kappa shape index (κ3) is 2.65. The highest BCUT2D eigenvalue weighted by Gasteiger charge is 2.70. The van der Waals surface area contributed by atoms with Gasteiger partial charge in [0.1, 0.15) is 0 Å². The molecule has 2 N–H and O–H groups in total. The third-order valence-electron chi connectivity index (χ3n) is 12.5.